The van der Waals surface area contributed by atoms with Crippen LogP contribution in [-0.2, 0) is 9.53 Å². The highest BCUT2D eigenvalue weighted by Gasteiger charge is 2.28. The molecule has 2 atom stereocenters. The van der Waals surface area contributed by atoms with E-state index in [0.29, 0.717) is 26.3 Å². The Morgan fingerprint density at radius 3 is 2.43 bits per heavy atom. The van der Waals surface area contributed by atoms with E-state index in [1.165, 1.54) is 4.90 Å². The summed E-state index contributed by atoms with van der Waals surface area (Å²) in [6.45, 7) is 1.07. The molecule has 14 heavy (non-hydrogen) atoms. The van der Waals surface area contributed by atoms with Crippen LogP contribution in [0.5, 0.6) is 0 Å². The van der Waals surface area contributed by atoms with Gasteiger partial charge < -0.3 is 25.0 Å². The van der Waals surface area contributed by atoms with Crippen LogP contribution < -0.4 is 0 Å². The summed E-state index contributed by atoms with van der Waals surface area (Å²) in [5.41, 5.74) is 0. The van der Waals surface area contributed by atoms with Crippen molar-refractivity contribution in [1.82, 2.24) is 4.90 Å². The molecule has 6 nitrogen and oxygen atoms in total. The number of morpholine rings is 1. The summed E-state index contributed by atoms with van der Waals surface area (Å²) < 4.78 is 5.03. The molecule has 1 heterocycles. The second-order valence-corrected chi connectivity index (χ2v) is 3.13. The Bertz CT molecular complexity index is 188. The predicted molar refractivity (Wildman–Crippen MR) is 46.5 cm³/mol. The fraction of sp³-hybridized carbons (Fsp3) is 0.875. The van der Waals surface area contributed by atoms with Gasteiger partial charge in [0.15, 0.2) is 6.10 Å². The summed E-state index contributed by atoms with van der Waals surface area (Å²) in [6.07, 6.45) is -2.96. The predicted octanol–water partition coefficient (Wildman–Crippen LogP) is -2.44. The van der Waals surface area contributed by atoms with Crippen LogP contribution >= 0.6 is 0 Å². The second-order valence-electron chi connectivity index (χ2n) is 3.13. The molecule has 82 valence electrons. The minimum Gasteiger partial charge on any atom is -0.394 e. The maximum atomic E-state index is 11.4. The van der Waals surface area contributed by atoms with Crippen molar-refractivity contribution in [2.24, 2.45) is 0 Å². The van der Waals surface area contributed by atoms with Crippen molar-refractivity contribution in [2.75, 3.05) is 32.9 Å². The fourth-order valence-corrected chi connectivity index (χ4v) is 1.24. The molecule has 1 aliphatic heterocycles. The van der Waals surface area contributed by atoms with Crippen LogP contribution in [0.4, 0.5) is 0 Å². The summed E-state index contributed by atoms with van der Waals surface area (Å²) in [4.78, 5) is 12.9. The van der Waals surface area contributed by atoms with Crippen molar-refractivity contribution in [3.63, 3.8) is 0 Å². The number of amides is 1. The van der Waals surface area contributed by atoms with E-state index >= 15 is 0 Å². The monoisotopic (exact) mass is 205 g/mol. The average Bonchev–Trinajstić information content (AvgIpc) is 2.27. The highest BCUT2D eigenvalue weighted by atomic mass is 16.5. The molecule has 1 aliphatic rings. The van der Waals surface area contributed by atoms with Gasteiger partial charge in [-0.2, -0.15) is 0 Å². The van der Waals surface area contributed by atoms with Crippen LogP contribution in [0, 0.1) is 0 Å². The highest BCUT2D eigenvalue weighted by molar-refractivity contribution is 5.81. The first kappa shape index (κ1) is 11.4. The number of carbonyl (C=O) groups excluding carboxylic acids is 1. The largest absolute Gasteiger partial charge is 0.394 e. The Morgan fingerprint density at radius 1 is 1.36 bits per heavy atom. The third kappa shape index (κ3) is 2.65. The zero-order valence-electron chi connectivity index (χ0n) is 7.80. The molecular formula is C8H15NO5. The molecule has 0 bridgehead atoms. The van der Waals surface area contributed by atoms with E-state index in [1.807, 2.05) is 0 Å². The number of rotatable bonds is 3. The van der Waals surface area contributed by atoms with Crippen molar-refractivity contribution in [2.45, 2.75) is 12.2 Å². The second kappa shape index (κ2) is 5.26. The van der Waals surface area contributed by atoms with Crippen LogP contribution in [0.2, 0.25) is 0 Å². The zero-order valence-corrected chi connectivity index (χ0v) is 7.80. The van der Waals surface area contributed by atoms with Gasteiger partial charge in [0, 0.05) is 13.1 Å². The number of ether oxygens (including phenoxy) is 1. The van der Waals surface area contributed by atoms with Crippen molar-refractivity contribution in [3.8, 4) is 0 Å². The number of aliphatic hydroxyl groups is 3. The number of carbonyl (C=O) groups is 1. The van der Waals surface area contributed by atoms with Gasteiger partial charge in [0.2, 0.25) is 0 Å². The molecule has 0 aromatic heterocycles. The van der Waals surface area contributed by atoms with Crippen LogP contribution in [-0.4, -0.2) is 71.2 Å². The molecule has 1 amide bonds. The quantitative estimate of drug-likeness (QED) is 0.476. The molecule has 0 unspecified atom stereocenters. The lowest BCUT2D eigenvalue weighted by Gasteiger charge is -2.29. The lowest BCUT2D eigenvalue weighted by atomic mass is 10.2. The van der Waals surface area contributed by atoms with Crippen molar-refractivity contribution >= 4 is 5.91 Å². The van der Waals surface area contributed by atoms with Gasteiger partial charge in [-0.1, -0.05) is 0 Å². The Balaban J connectivity index is 2.46. The van der Waals surface area contributed by atoms with Crippen LogP contribution in [0.1, 0.15) is 0 Å². The van der Waals surface area contributed by atoms with E-state index in [2.05, 4.69) is 0 Å². The Morgan fingerprint density at radius 2 is 1.93 bits per heavy atom. The Kier molecular flexibility index (Phi) is 4.27. The van der Waals surface area contributed by atoms with Gasteiger partial charge in [0.05, 0.1) is 19.8 Å². The van der Waals surface area contributed by atoms with Crippen LogP contribution in [0.25, 0.3) is 0 Å². The molecule has 0 radical (unpaired) electrons. The average molecular weight is 205 g/mol. The highest BCUT2D eigenvalue weighted by Crippen LogP contribution is 2.03. The van der Waals surface area contributed by atoms with Gasteiger partial charge in [0.1, 0.15) is 6.10 Å². The Labute approximate surface area is 81.7 Å². The maximum Gasteiger partial charge on any atom is 0.254 e. The first-order valence-corrected chi connectivity index (χ1v) is 4.50. The molecule has 3 N–H and O–H groups in total. The van der Waals surface area contributed by atoms with E-state index in [1.54, 1.807) is 0 Å². The van der Waals surface area contributed by atoms with Crippen molar-refractivity contribution < 1.29 is 24.9 Å². The number of nitrogens with zero attached hydrogens (tertiary/aromatic N) is 1. The van der Waals surface area contributed by atoms with Gasteiger partial charge >= 0.3 is 0 Å². The molecule has 0 spiro atoms. The first-order valence-electron chi connectivity index (χ1n) is 4.50. The number of hydrogen-bond acceptors (Lipinski definition) is 5. The van der Waals surface area contributed by atoms with Crippen molar-refractivity contribution in [1.29, 1.82) is 0 Å². The topological polar surface area (TPSA) is 90.2 Å². The summed E-state index contributed by atoms with van der Waals surface area (Å²) in [5, 5.41) is 26.9. The molecule has 0 aromatic rings. The zero-order chi connectivity index (χ0) is 10.6. The maximum absolute atomic E-state index is 11.4. The summed E-state index contributed by atoms with van der Waals surface area (Å²) in [6, 6.07) is 0. The third-order valence-corrected chi connectivity index (χ3v) is 2.13. The molecule has 0 saturated carbocycles. The van der Waals surface area contributed by atoms with E-state index in [0.717, 1.165) is 0 Å². The van der Waals surface area contributed by atoms with Crippen molar-refractivity contribution in [3.05, 3.63) is 0 Å². The molecule has 1 fully saturated rings. The van der Waals surface area contributed by atoms with Crippen LogP contribution in [0.15, 0.2) is 0 Å². The van der Waals surface area contributed by atoms with Gasteiger partial charge in [0.25, 0.3) is 5.91 Å². The van der Waals surface area contributed by atoms with Gasteiger partial charge in [-0.3, -0.25) is 4.79 Å². The van der Waals surface area contributed by atoms with Gasteiger partial charge in [-0.15, -0.1) is 0 Å². The molecule has 1 rings (SSSR count). The molecule has 6 heteroatoms. The van der Waals surface area contributed by atoms with E-state index in [4.69, 9.17) is 14.9 Å². The number of hydrogen-bond donors (Lipinski definition) is 3. The van der Waals surface area contributed by atoms with Gasteiger partial charge in [-0.25, -0.2) is 0 Å². The minimum atomic E-state index is -1.54. The molecule has 0 aromatic carbocycles. The Hall–Kier alpha value is -0.690. The lowest BCUT2D eigenvalue weighted by molar-refractivity contribution is -0.151. The number of aliphatic hydroxyl groups excluding tert-OH is 3. The lowest BCUT2D eigenvalue weighted by Crippen LogP contribution is -2.50. The van der Waals surface area contributed by atoms with E-state index in [-0.39, 0.29) is 0 Å². The summed E-state index contributed by atoms with van der Waals surface area (Å²) in [5.74, 6) is -0.560. The fourth-order valence-electron chi connectivity index (χ4n) is 1.24. The minimum absolute atomic E-state index is 0.411. The summed E-state index contributed by atoms with van der Waals surface area (Å²) in [7, 11) is 0. The van der Waals surface area contributed by atoms with E-state index in [9.17, 15) is 9.90 Å². The SMILES string of the molecule is O=C([C@@H](O)[C@H](O)CO)N1CCOCC1. The summed E-state index contributed by atoms with van der Waals surface area (Å²) >= 11 is 0. The smallest absolute Gasteiger partial charge is 0.254 e. The van der Waals surface area contributed by atoms with E-state index < -0.39 is 24.7 Å². The third-order valence-electron chi connectivity index (χ3n) is 2.13. The standard InChI is InChI=1S/C8H15NO5/c10-5-6(11)7(12)8(13)9-1-3-14-4-2-9/h6-7,10-12H,1-5H2/t6-,7+/m1/s1. The first-order chi connectivity index (χ1) is 6.66. The van der Waals surface area contributed by atoms with Gasteiger partial charge in [-0.05, 0) is 0 Å². The van der Waals surface area contributed by atoms with Crippen LogP contribution in [0.3, 0.4) is 0 Å². The molecular weight excluding hydrogens is 190 g/mol. The normalized spacial score (nSPS) is 21.8. The molecule has 0 aliphatic carbocycles. The molecule has 1 saturated heterocycles.